The SMILES string of the molecule is CC1(C)CNC2NCCNC2N1. The molecule has 2 fully saturated rings. The highest BCUT2D eigenvalue weighted by Gasteiger charge is 2.34. The Morgan fingerprint density at radius 2 is 1.67 bits per heavy atom. The summed E-state index contributed by atoms with van der Waals surface area (Å²) in [7, 11) is 0. The van der Waals surface area contributed by atoms with Gasteiger partial charge in [0.05, 0.1) is 12.3 Å². The van der Waals surface area contributed by atoms with Crippen molar-refractivity contribution in [3.8, 4) is 0 Å². The first kappa shape index (κ1) is 8.44. The van der Waals surface area contributed by atoms with E-state index in [4.69, 9.17) is 0 Å². The van der Waals surface area contributed by atoms with Gasteiger partial charge in [0.2, 0.25) is 0 Å². The van der Waals surface area contributed by atoms with Gasteiger partial charge in [-0.1, -0.05) is 0 Å². The van der Waals surface area contributed by atoms with Gasteiger partial charge < -0.3 is 0 Å². The molecule has 2 heterocycles. The lowest BCUT2D eigenvalue weighted by Gasteiger charge is -2.45. The van der Waals surface area contributed by atoms with Crippen LogP contribution in [0.5, 0.6) is 0 Å². The van der Waals surface area contributed by atoms with Crippen molar-refractivity contribution in [1.29, 1.82) is 0 Å². The van der Waals surface area contributed by atoms with E-state index in [2.05, 4.69) is 35.1 Å². The zero-order valence-electron chi connectivity index (χ0n) is 7.78. The van der Waals surface area contributed by atoms with Crippen LogP contribution in [0.25, 0.3) is 0 Å². The number of nitrogens with one attached hydrogen (secondary N) is 4. The van der Waals surface area contributed by atoms with Crippen molar-refractivity contribution in [3.63, 3.8) is 0 Å². The van der Waals surface area contributed by atoms with Gasteiger partial charge in [-0.15, -0.1) is 0 Å². The topological polar surface area (TPSA) is 48.1 Å². The van der Waals surface area contributed by atoms with E-state index < -0.39 is 0 Å². The standard InChI is InChI=1S/C8H18N4/c1-8(2)5-11-6-7(12-8)10-4-3-9-6/h6-7,9-12H,3-5H2,1-2H3. The third kappa shape index (κ3) is 1.61. The summed E-state index contributed by atoms with van der Waals surface area (Å²) in [5.74, 6) is 0. The summed E-state index contributed by atoms with van der Waals surface area (Å²) in [5, 5.41) is 13.9. The molecule has 4 heteroatoms. The molecule has 2 unspecified atom stereocenters. The molecule has 0 spiro atoms. The molecule has 2 aliphatic rings. The van der Waals surface area contributed by atoms with Crippen LogP contribution in [0.4, 0.5) is 0 Å². The zero-order chi connectivity index (χ0) is 8.60. The Morgan fingerprint density at radius 1 is 1.00 bits per heavy atom. The molecule has 0 aliphatic carbocycles. The van der Waals surface area contributed by atoms with E-state index in [0.717, 1.165) is 19.6 Å². The lowest BCUT2D eigenvalue weighted by molar-refractivity contribution is 0.141. The molecule has 0 amide bonds. The van der Waals surface area contributed by atoms with E-state index in [1.807, 2.05) is 0 Å². The Kier molecular flexibility index (Phi) is 2.08. The van der Waals surface area contributed by atoms with Gasteiger partial charge in [-0.25, -0.2) is 0 Å². The molecule has 2 saturated heterocycles. The van der Waals surface area contributed by atoms with Crippen LogP contribution in [-0.2, 0) is 0 Å². The van der Waals surface area contributed by atoms with Gasteiger partial charge in [-0.3, -0.25) is 21.3 Å². The predicted octanol–water partition coefficient (Wildman–Crippen LogP) is -1.20. The van der Waals surface area contributed by atoms with Crippen molar-refractivity contribution in [2.75, 3.05) is 19.6 Å². The maximum atomic E-state index is 3.56. The van der Waals surface area contributed by atoms with Gasteiger partial charge in [0, 0.05) is 25.2 Å². The third-order valence-electron chi connectivity index (χ3n) is 2.50. The summed E-state index contributed by atoms with van der Waals surface area (Å²) < 4.78 is 0. The van der Waals surface area contributed by atoms with Crippen LogP contribution in [0.2, 0.25) is 0 Å². The van der Waals surface area contributed by atoms with Crippen molar-refractivity contribution in [2.24, 2.45) is 0 Å². The summed E-state index contributed by atoms with van der Waals surface area (Å²) in [6.45, 7) is 7.55. The predicted molar refractivity (Wildman–Crippen MR) is 48.8 cm³/mol. The van der Waals surface area contributed by atoms with Gasteiger partial charge in [-0.05, 0) is 13.8 Å². The molecule has 2 rings (SSSR count). The van der Waals surface area contributed by atoms with Crippen LogP contribution < -0.4 is 21.3 Å². The van der Waals surface area contributed by atoms with Crippen LogP contribution >= 0.6 is 0 Å². The van der Waals surface area contributed by atoms with Gasteiger partial charge in [0.25, 0.3) is 0 Å². The molecular weight excluding hydrogens is 152 g/mol. The molecule has 0 radical (unpaired) electrons. The molecule has 0 bridgehead atoms. The third-order valence-corrected chi connectivity index (χ3v) is 2.50. The van der Waals surface area contributed by atoms with Gasteiger partial charge in [0.1, 0.15) is 0 Å². The first-order chi connectivity index (χ1) is 5.67. The van der Waals surface area contributed by atoms with Gasteiger partial charge >= 0.3 is 0 Å². The first-order valence-electron chi connectivity index (χ1n) is 4.65. The highest BCUT2D eigenvalue weighted by atomic mass is 15.3. The van der Waals surface area contributed by atoms with Crippen molar-refractivity contribution in [2.45, 2.75) is 31.7 Å². The lowest BCUT2D eigenvalue weighted by Crippen LogP contribution is -2.76. The van der Waals surface area contributed by atoms with Crippen LogP contribution in [0.15, 0.2) is 0 Å². The van der Waals surface area contributed by atoms with Crippen molar-refractivity contribution in [3.05, 3.63) is 0 Å². The number of hydrogen-bond donors (Lipinski definition) is 4. The second kappa shape index (κ2) is 2.96. The maximum absolute atomic E-state index is 3.56. The second-order valence-corrected chi connectivity index (χ2v) is 4.27. The highest BCUT2D eigenvalue weighted by molar-refractivity contribution is 4.96. The van der Waals surface area contributed by atoms with Crippen LogP contribution in [0.1, 0.15) is 13.8 Å². The fourth-order valence-corrected chi connectivity index (χ4v) is 1.85. The monoisotopic (exact) mass is 170 g/mol. The highest BCUT2D eigenvalue weighted by Crippen LogP contribution is 2.09. The lowest BCUT2D eigenvalue weighted by atomic mass is 10.0. The van der Waals surface area contributed by atoms with Crippen molar-refractivity contribution >= 4 is 0 Å². The number of hydrogen-bond acceptors (Lipinski definition) is 4. The Balaban J connectivity index is 1.99. The molecule has 70 valence electrons. The number of fused-ring (bicyclic) bond motifs is 1. The minimum absolute atomic E-state index is 0.202. The minimum Gasteiger partial charge on any atom is -0.298 e. The summed E-state index contributed by atoms with van der Waals surface area (Å²) >= 11 is 0. The van der Waals surface area contributed by atoms with E-state index >= 15 is 0 Å². The molecule has 0 aromatic rings. The molecule has 4 nitrogen and oxygen atoms in total. The van der Waals surface area contributed by atoms with Crippen LogP contribution in [0.3, 0.4) is 0 Å². The molecule has 2 atom stereocenters. The molecule has 12 heavy (non-hydrogen) atoms. The minimum atomic E-state index is 0.202. The fourth-order valence-electron chi connectivity index (χ4n) is 1.85. The van der Waals surface area contributed by atoms with Crippen LogP contribution in [0, 0.1) is 0 Å². The summed E-state index contributed by atoms with van der Waals surface area (Å²) in [6, 6.07) is 0. The average Bonchev–Trinajstić information content (AvgIpc) is 2.02. The Hall–Kier alpha value is -0.160. The van der Waals surface area contributed by atoms with E-state index in [1.165, 1.54) is 0 Å². The van der Waals surface area contributed by atoms with Crippen molar-refractivity contribution in [1.82, 2.24) is 21.3 Å². The van der Waals surface area contributed by atoms with E-state index in [1.54, 1.807) is 0 Å². The molecule has 0 aromatic carbocycles. The number of piperazine rings is 2. The van der Waals surface area contributed by atoms with E-state index in [0.29, 0.717) is 12.3 Å². The molecule has 4 N–H and O–H groups in total. The largest absolute Gasteiger partial charge is 0.298 e. The van der Waals surface area contributed by atoms with Gasteiger partial charge in [-0.2, -0.15) is 0 Å². The molecule has 0 aromatic heterocycles. The van der Waals surface area contributed by atoms with E-state index in [-0.39, 0.29) is 5.54 Å². The summed E-state index contributed by atoms with van der Waals surface area (Å²) in [5.41, 5.74) is 0.202. The fraction of sp³-hybridized carbons (Fsp3) is 1.00. The quantitative estimate of drug-likeness (QED) is 0.369. The Labute approximate surface area is 73.5 Å². The Morgan fingerprint density at radius 3 is 2.42 bits per heavy atom. The Bertz CT molecular complexity index is 168. The molecule has 2 aliphatic heterocycles. The smallest absolute Gasteiger partial charge is 0.0871 e. The maximum Gasteiger partial charge on any atom is 0.0871 e. The van der Waals surface area contributed by atoms with Crippen molar-refractivity contribution < 1.29 is 0 Å². The second-order valence-electron chi connectivity index (χ2n) is 4.27. The van der Waals surface area contributed by atoms with Crippen LogP contribution in [-0.4, -0.2) is 37.5 Å². The number of rotatable bonds is 0. The summed E-state index contributed by atoms with van der Waals surface area (Å²) in [4.78, 5) is 0. The normalized spacial score (nSPS) is 40.5. The average molecular weight is 170 g/mol. The van der Waals surface area contributed by atoms with Gasteiger partial charge in [0.15, 0.2) is 0 Å². The molecule has 0 saturated carbocycles. The molecular formula is C8H18N4. The zero-order valence-corrected chi connectivity index (χ0v) is 7.78. The first-order valence-corrected chi connectivity index (χ1v) is 4.65. The van der Waals surface area contributed by atoms with E-state index in [9.17, 15) is 0 Å². The summed E-state index contributed by atoms with van der Waals surface area (Å²) in [6.07, 6.45) is 0.772.